The zero-order valence-corrected chi connectivity index (χ0v) is 13.7. The largest absolute Gasteiger partial charge is 2.00 e. The predicted octanol–water partition coefficient (Wildman–Crippen LogP) is -3.20. The van der Waals surface area contributed by atoms with Crippen LogP contribution in [0.3, 0.4) is 0 Å². The molecule has 0 saturated carbocycles. The Bertz CT molecular complexity index is 232. The average Bonchev–Trinajstić information content (AvgIpc) is 2.93. The normalized spacial score (nSPS) is 26.6. The fourth-order valence-corrected chi connectivity index (χ4v) is 2.95. The minimum atomic E-state index is -0.991. The Morgan fingerprint density at radius 2 is 1.29 bits per heavy atom. The third-order valence-electron chi connectivity index (χ3n) is 2.00. The molecule has 2 fully saturated rings. The van der Waals surface area contributed by atoms with E-state index < -0.39 is 24.0 Å². The molecule has 0 aromatic heterocycles. The molecule has 17 heavy (non-hydrogen) atoms. The first kappa shape index (κ1) is 17.2. The number of carbonyl (C=O) groups excluding carboxylic acids is 2. The maximum atomic E-state index is 10.0. The zero-order chi connectivity index (χ0) is 12.0. The smallest absolute Gasteiger partial charge is 0.548 e. The molecule has 0 spiro atoms. The third kappa shape index (κ3) is 6.62. The summed E-state index contributed by atoms with van der Waals surface area (Å²) in [6.45, 7) is 0. The molecule has 0 aromatic carbocycles. The minimum absolute atomic E-state index is 0. The Balaban J connectivity index is 0.000000284. The molecule has 0 bridgehead atoms. The van der Waals surface area contributed by atoms with Crippen molar-refractivity contribution in [3.8, 4) is 0 Å². The maximum Gasteiger partial charge on any atom is 2.00 e. The molecule has 2 aliphatic heterocycles. The molecule has 9 heteroatoms. The van der Waals surface area contributed by atoms with Crippen LogP contribution in [0.25, 0.3) is 0 Å². The van der Waals surface area contributed by atoms with E-state index in [1.807, 2.05) is 0 Å². The summed E-state index contributed by atoms with van der Waals surface area (Å²) in [6.07, 6.45) is 0. The summed E-state index contributed by atoms with van der Waals surface area (Å²) in [7, 11) is 0. The summed E-state index contributed by atoms with van der Waals surface area (Å²) in [5, 5.41) is 25.5. The van der Waals surface area contributed by atoms with E-state index >= 15 is 0 Å². The predicted molar refractivity (Wildman–Crippen MR) is 58.5 cm³/mol. The van der Waals surface area contributed by atoms with Crippen LogP contribution in [0.2, 0.25) is 0 Å². The van der Waals surface area contributed by atoms with E-state index in [2.05, 4.69) is 10.6 Å². The summed E-state index contributed by atoms with van der Waals surface area (Å²) in [5.74, 6) is 0.770. The fraction of sp³-hybridized carbons (Fsp3) is 0.750. The Morgan fingerprint density at radius 3 is 1.41 bits per heavy atom. The molecule has 2 rings (SSSR count). The molecule has 0 aliphatic carbocycles. The van der Waals surface area contributed by atoms with E-state index in [0.29, 0.717) is 11.5 Å². The van der Waals surface area contributed by atoms with Crippen LogP contribution in [0.4, 0.5) is 0 Å². The van der Waals surface area contributed by atoms with E-state index in [0.717, 1.165) is 11.8 Å². The van der Waals surface area contributed by atoms with Crippen LogP contribution in [-0.4, -0.2) is 47.3 Å². The van der Waals surface area contributed by atoms with Crippen molar-refractivity contribution in [2.45, 2.75) is 12.1 Å². The van der Waals surface area contributed by atoms with Gasteiger partial charge in [0.25, 0.3) is 0 Å². The molecule has 0 amide bonds. The van der Waals surface area contributed by atoms with Gasteiger partial charge in [-0.05, 0) is 0 Å². The quantitative estimate of drug-likeness (QED) is 0.510. The third-order valence-corrected chi connectivity index (χ3v) is 3.88. The molecule has 2 heterocycles. The van der Waals surface area contributed by atoms with E-state index in [9.17, 15) is 19.8 Å². The van der Waals surface area contributed by atoms with Crippen LogP contribution < -0.4 is 20.8 Å². The maximum absolute atomic E-state index is 10.0. The standard InChI is InChI=1S/2C4H7NO2S.Zn/c2*6-4(7)3-1-8-2-5-3;/h2*3,5H,1-2H2,(H,6,7);/q;;+2/p-2. The van der Waals surface area contributed by atoms with E-state index in [1.54, 1.807) is 23.5 Å². The van der Waals surface area contributed by atoms with E-state index in [4.69, 9.17) is 0 Å². The molecule has 0 aromatic rings. The number of carboxylic acid groups (broad SMARTS) is 2. The number of carboxylic acids is 2. The van der Waals surface area contributed by atoms with Crippen molar-refractivity contribution in [1.82, 2.24) is 10.6 Å². The van der Waals surface area contributed by atoms with Gasteiger partial charge in [-0.3, -0.25) is 10.6 Å². The summed E-state index contributed by atoms with van der Waals surface area (Å²) in [6, 6.07) is -0.833. The number of carbonyl (C=O) groups is 2. The number of aliphatic carboxylic acids is 2. The number of hydrogen-bond acceptors (Lipinski definition) is 8. The molecule has 2 saturated heterocycles. The number of rotatable bonds is 2. The van der Waals surface area contributed by atoms with Crippen molar-refractivity contribution >= 4 is 35.5 Å². The topological polar surface area (TPSA) is 104 Å². The number of thioether (sulfide) groups is 2. The number of nitrogens with one attached hydrogen (secondary N) is 2. The van der Waals surface area contributed by atoms with Crippen molar-refractivity contribution in [2.24, 2.45) is 0 Å². The molecular formula is C8H12N2O4S2Zn. The van der Waals surface area contributed by atoms with Gasteiger partial charge in [-0.25, -0.2) is 0 Å². The van der Waals surface area contributed by atoms with E-state index in [-0.39, 0.29) is 19.5 Å². The molecule has 2 aliphatic rings. The molecule has 6 nitrogen and oxygen atoms in total. The Hall–Kier alpha value is 0.183. The van der Waals surface area contributed by atoms with Crippen LogP contribution in [0.5, 0.6) is 0 Å². The molecule has 2 N–H and O–H groups in total. The van der Waals surface area contributed by atoms with Gasteiger partial charge in [0, 0.05) is 23.3 Å². The van der Waals surface area contributed by atoms with Gasteiger partial charge < -0.3 is 19.8 Å². The first-order chi connectivity index (χ1) is 7.61. The summed E-state index contributed by atoms with van der Waals surface area (Å²) >= 11 is 3.16. The SMILES string of the molecule is O=C([O-])C1CSCN1.O=C([O-])C1CSCN1.[Zn+2]. The monoisotopic (exact) mass is 328 g/mol. The van der Waals surface area contributed by atoms with Crippen LogP contribution in [-0.2, 0) is 29.1 Å². The van der Waals surface area contributed by atoms with Crippen molar-refractivity contribution in [2.75, 3.05) is 23.3 Å². The molecule has 2 unspecified atom stereocenters. The number of hydrogen-bond donors (Lipinski definition) is 2. The Kier molecular flexibility index (Phi) is 9.26. The molecule has 2 atom stereocenters. The second kappa shape index (κ2) is 9.16. The van der Waals surface area contributed by atoms with Gasteiger partial charge >= 0.3 is 19.5 Å². The fourth-order valence-electron chi connectivity index (χ4n) is 1.09. The second-order valence-corrected chi connectivity index (χ2v) is 5.24. The summed E-state index contributed by atoms with van der Waals surface area (Å²) in [5.41, 5.74) is 0. The van der Waals surface area contributed by atoms with Gasteiger partial charge in [0.05, 0.1) is 24.0 Å². The van der Waals surface area contributed by atoms with Crippen molar-refractivity contribution in [1.29, 1.82) is 0 Å². The zero-order valence-electron chi connectivity index (χ0n) is 9.14. The van der Waals surface area contributed by atoms with Crippen molar-refractivity contribution < 1.29 is 39.3 Å². The van der Waals surface area contributed by atoms with Gasteiger partial charge in [-0.15, -0.1) is 23.5 Å². The van der Waals surface area contributed by atoms with Gasteiger partial charge in [-0.2, -0.15) is 0 Å². The first-order valence-corrected chi connectivity index (χ1v) is 6.96. The van der Waals surface area contributed by atoms with Crippen molar-refractivity contribution in [3.05, 3.63) is 0 Å². The molecule has 92 valence electrons. The van der Waals surface area contributed by atoms with Crippen LogP contribution >= 0.6 is 23.5 Å². The Morgan fingerprint density at radius 1 is 0.941 bits per heavy atom. The first-order valence-electron chi connectivity index (χ1n) is 4.65. The van der Waals surface area contributed by atoms with Crippen molar-refractivity contribution in [3.63, 3.8) is 0 Å². The van der Waals surface area contributed by atoms with E-state index in [1.165, 1.54) is 0 Å². The average molecular weight is 330 g/mol. The van der Waals surface area contributed by atoms with Gasteiger partial charge in [0.2, 0.25) is 0 Å². The van der Waals surface area contributed by atoms with Gasteiger partial charge in [0.15, 0.2) is 0 Å². The second-order valence-electron chi connectivity index (χ2n) is 3.18. The molecular weight excluding hydrogens is 318 g/mol. The molecule has 0 radical (unpaired) electrons. The van der Waals surface area contributed by atoms with Crippen LogP contribution in [0.15, 0.2) is 0 Å². The van der Waals surface area contributed by atoms with Gasteiger partial charge in [-0.1, -0.05) is 0 Å². The summed E-state index contributed by atoms with van der Waals surface area (Å²) < 4.78 is 0. The Labute approximate surface area is 120 Å². The minimum Gasteiger partial charge on any atom is -0.548 e. The van der Waals surface area contributed by atoms with Crippen LogP contribution in [0, 0.1) is 0 Å². The summed E-state index contributed by atoms with van der Waals surface area (Å²) in [4.78, 5) is 20.0. The van der Waals surface area contributed by atoms with Gasteiger partial charge in [0.1, 0.15) is 0 Å². The van der Waals surface area contributed by atoms with Crippen LogP contribution in [0.1, 0.15) is 0 Å².